The van der Waals surface area contributed by atoms with Crippen molar-refractivity contribution in [3.05, 3.63) is 47.5 Å². The molecule has 0 aliphatic carbocycles. The highest BCUT2D eigenvalue weighted by Gasteiger charge is 2.06. The minimum atomic E-state index is -1.06. The Balaban J connectivity index is 2.24. The Morgan fingerprint density at radius 1 is 1.12 bits per heavy atom. The molecule has 0 amide bonds. The van der Waals surface area contributed by atoms with Gasteiger partial charge >= 0.3 is 5.97 Å². The van der Waals surface area contributed by atoms with Gasteiger partial charge in [-0.05, 0) is 6.07 Å². The summed E-state index contributed by atoms with van der Waals surface area (Å²) in [6.45, 7) is 0. The van der Waals surface area contributed by atoms with Crippen LogP contribution in [0.5, 0.6) is 11.5 Å². The Labute approximate surface area is 102 Å². The molecule has 0 aliphatic heterocycles. The van der Waals surface area contributed by atoms with Gasteiger partial charge in [0.05, 0.1) is 23.0 Å². The van der Waals surface area contributed by atoms with Gasteiger partial charge in [-0.2, -0.15) is 0 Å². The van der Waals surface area contributed by atoms with Crippen LogP contribution in [0.4, 0.5) is 0 Å². The lowest BCUT2D eigenvalue weighted by atomic mass is 10.3. The van der Waals surface area contributed by atoms with Crippen molar-refractivity contribution in [2.75, 3.05) is 0 Å². The Hall–Kier alpha value is -2.14. The average Bonchev–Trinajstić information content (AvgIpc) is 2.29. The molecule has 2 aromatic heterocycles. The summed E-state index contributed by atoms with van der Waals surface area (Å²) < 4.78 is 5.38. The molecule has 0 aliphatic rings. The summed E-state index contributed by atoms with van der Waals surface area (Å²) in [7, 11) is 0. The van der Waals surface area contributed by atoms with Crippen molar-refractivity contribution in [3.63, 3.8) is 0 Å². The molecule has 0 radical (unpaired) electrons. The topological polar surface area (TPSA) is 72.3 Å². The predicted molar refractivity (Wildman–Crippen MR) is 60.5 cm³/mol. The summed E-state index contributed by atoms with van der Waals surface area (Å²) in [6, 6.07) is 2.94. The normalized spacial score (nSPS) is 9.94. The number of carbonyl (C=O) groups is 1. The maximum atomic E-state index is 10.7. The van der Waals surface area contributed by atoms with Crippen LogP contribution in [0.15, 0.2) is 36.9 Å². The van der Waals surface area contributed by atoms with E-state index < -0.39 is 5.97 Å². The second kappa shape index (κ2) is 4.80. The molecule has 0 atom stereocenters. The standard InChI is InChI=1S/C11H7ClN2O3/c12-8-2-10(6-14-4-8)17-9-1-7(11(15)16)3-13-5-9/h1-6H,(H,15,16). The van der Waals surface area contributed by atoms with Gasteiger partial charge in [-0.15, -0.1) is 0 Å². The van der Waals surface area contributed by atoms with E-state index in [4.69, 9.17) is 21.4 Å². The minimum Gasteiger partial charge on any atom is -0.478 e. The van der Waals surface area contributed by atoms with Gasteiger partial charge in [-0.1, -0.05) is 11.6 Å². The van der Waals surface area contributed by atoms with Crippen LogP contribution in [0.1, 0.15) is 10.4 Å². The van der Waals surface area contributed by atoms with Crippen LogP contribution in [-0.4, -0.2) is 21.0 Å². The fourth-order valence-electron chi connectivity index (χ4n) is 1.18. The molecular formula is C11H7ClN2O3. The van der Waals surface area contributed by atoms with Crippen LogP contribution < -0.4 is 4.74 Å². The molecule has 17 heavy (non-hydrogen) atoms. The average molecular weight is 251 g/mol. The van der Waals surface area contributed by atoms with Gasteiger partial charge in [-0.25, -0.2) is 4.79 Å². The lowest BCUT2D eigenvalue weighted by Gasteiger charge is -2.05. The van der Waals surface area contributed by atoms with Gasteiger partial charge in [0, 0.05) is 18.5 Å². The zero-order chi connectivity index (χ0) is 12.3. The summed E-state index contributed by atoms with van der Waals surface area (Å²) in [6.07, 6.45) is 5.60. The van der Waals surface area contributed by atoms with E-state index in [1.807, 2.05) is 0 Å². The van der Waals surface area contributed by atoms with E-state index >= 15 is 0 Å². The van der Waals surface area contributed by atoms with Crippen LogP contribution in [0.25, 0.3) is 0 Å². The molecule has 2 aromatic rings. The molecule has 0 fully saturated rings. The van der Waals surface area contributed by atoms with Crippen LogP contribution >= 0.6 is 11.6 Å². The first-order chi connectivity index (χ1) is 8.15. The zero-order valence-electron chi connectivity index (χ0n) is 8.50. The van der Waals surface area contributed by atoms with Crippen LogP contribution in [0, 0.1) is 0 Å². The second-order valence-electron chi connectivity index (χ2n) is 3.16. The van der Waals surface area contributed by atoms with E-state index in [1.165, 1.54) is 30.9 Å². The molecule has 0 aromatic carbocycles. The van der Waals surface area contributed by atoms with Gasteiger partial charge < -0.3 is 9.84 Å². The largest absolute Gasteiger partial charge is 0.478 e. The molecule has 1 N–H and O–H groups in total. The summed E-state index contributed by atoms with van der Waals surface area (Å²) in [5.74, 6) is -0.331. The molecule has 0 bridgehead atoms. The molecule has 0 saturated heterocycles. The molecule has 86 valence electrons. The monoisotopic (exact) mass is 250 g/mol. The Morgan fingerprint density at radius 2 is 1.76 bits per heavy atom. The Morgan fingerprint density at radius 3 is 2.41 bits per heavy atom. The highest BCUT2D eigenvalue weighted by Crippen LogP contribution is 2.22. The van der Waals surface area contributed by atoms with Crippen molar-refractivity contribution < 1.29 is 14.6 Å². The quantitative estimate of drug-likeness (QED) is 0.907. The zero-order valence-corrected chi connectivity index (χ0v) is 9.26. The van der Waals surface area contributed by atoms with Crippen LogP contribution in [-0.2, 0) is 0 Å². The van der Waals surface area contributed by atoms with Gasteiger partial charge in [0.2, 0.25) is 0 Å². The van der Waals surface area contributed by atoms with Gasteiger partial charge in [0.25, 0.3) is 0 Å². The molecule has 5 nitrogen and oxygen atoms in total. The number of halogens is 1. The summed E-state index contributed by atoms with van der Waals surface area (Å²) in [4.78, 5) is 18.3. The van der Waals surface area contributed by atoms with Crippen molar-refractivity contribution in [1.82, 2.24) is 9.97 Å². The molecule has 2 heterocycles. The highest BCUT2D eigenvalue weighted by atomic mass is 35.5. The van der Waals surface area contributed by atoms with Crippen molar-refractivity contribution >= 4 is 17.6 Å². The lowest BCUT2D eigenvalue weighted by molar-refractivity contribution is 0.0696. The van der Waals surface area contributed by atoms with Crippen molar-refractivity contribution in [1.29, 1.82) is 0 Å². The number of carboxylic acids is 1. The number of rotatable bonds is 3. The lowest BCUT2D eigenvalue weighted by Crippen LogP contribution is -1.97. The van der Waals surface area contributed by atoms with Gasteiger partial charge in [0.15, 0.2) is 0 Å². The number of ether oxygens (including phenoxy) is 1. The fourth-order valence-corrected chi connectivity index (χ4v) is 1.34. The van der Waals surface area contributed by atoms with E-state index in [2.05, 4.69) is 9.97 Å². The van der Waals surface area contributed by atoms with Gasteiger partial charge in [-0.3, -0.25) is 9.97 Å². The van der Waals surface area contributed by atoms with E-state index in [9.17, 15) is 4.79 Å². The second-order valence-corrected chi connectivity index (χ2v) is 3.59. The molecule has 0 saturated carbocycles. The van der Waals surface area contributed by atoms with E-state index in [0.717, 1.165) is 0 Å². The highest BCUT2D eigenvalue weighted by molar-refractivity contribution is 6.30. The Bertz CT molecular complexity index is 560. The number of aromatic nitrogens is 2. The number of carboxylic acid groups (broad SMARTS) is 1. The fraction of sp³-hybridized carbons (Fsp3) is 0. The van der Waals surface area contributed by atoms with Crippen molar-refractivity contribution in [2.45, 2.75) is 0 Å². The molecular weight excluding hydrogens is 244 g/mol. The summed E-state index contributed by atoms with van der Waals surface area (Å²) in [5.41, 5.74) is 0.0532. The molecule has 0 spiro atoms. The first-order valence-electron chi connectivity index (χ1n) is 4.62. The van der Waals surface area contributed by atoms with E-state index in [0.29, 0.717) is 16.5 Å². The first kappa shape index (κ1) is 11.3. The van der Waals surface area contributed by atoms with Crippen LogP contribution in [0.3, 0.4) is 0 Å². The first-order valence-corrected chi connectivity index (χ1v) is 5.00. The molecule has 2 rings (SSSR count). The molecule has 0 unspecified atom stereocenters. The van der Waals surface area contributed by atoms with Crippen molar-refractivity contribution in [2.24, 2.45) is 0 Å². The molecule has 6 heteroatoms. The Kier molecular flexibility index (Phi) is 3.20. The number of nitrogens with zero attached hydrogens (tertiary/aromatic N) is 2. The van der Waals surface area contributed by atoms with E-state index in [-0.39, 0.29) is 5.56 Å². The number of pyridine rings is 2. The van der Waals surface area contributed by atoms with Crippen LogP contribution in [0.2, 0.25) is 5.02 Å². The predicted octanol–water partition coefficient (Wildman–Crippen LogP) is 2.62. The van der Waals surface area contributed by atoms with E-state index in [1.54, 1.807) is 6.07 Å². The third-order valence-electron chi connectivity index (χ3n) is 1.88. The third-order valence-corrected chi connectivity index (χ3v) is 2.08. The third kappa shape index (κ3) is 2.92. The maximum absolute atomic E-state index is 10.7. The SMILES string of the molecule is O=C(O)c1cncc(Oc2cncc(Cl)c2)c1. The number of hydrogen-bond acceptors (Lipinski definition) is 4. The van der Waals surface area contributed by atoms with Gasteiger partial charge in [0.1, 0.15) is 11.5 Å². The smallest absolute Gasteiger partial charge is 0.337 e. The summed E-state index contributed by atoms with van der Waals surface area (Å²) >= 11 is 5.74. The van der Waals surface area contributed by atoms with Crippen molar-refractivity contribution in [3.8, 4) is 11.5 Å². The minimum absolute atomic E-state index is 0.0532. The maximum Gasteiger partial charge on any atom is 0.337 e. The summed E-state index contributed by atoms with van der Waals surface area (Å²) in [5, 5.41) is 9.23. The number of aromatic carboxylic acids is 1. The number of hydrogen-bond donors (Lipinski definition) is 1.